The first-order valence-electron chi connectivity index (χ1n) is 10.7. The first-order chi connectivity index (χ1) is 15.3. The van der Waals surface area contributed by atoms with Gasteiger partial charge in [-0.05, 0) is 69.7 Å². The van der Waals surface area contributed by atoms with Crippen LogP contribution in [-0.4, -0.2) is 50.8 Å². The highest BCUT2D eigenvalue weighted by Gasteiger charge is 2.38. The summed E-state index contributed by atoms with van der Waals surface area (Å²) < 4.78 is 48.0. The maximum atomic E-state index is 14.3. The van der Waals surface area contributed by atoms with Gasteiger partial charge in [-0.3, -0.25) is 0 Å². The largest absolute Gasteiger partial charge is 0.384 e. The molecule has 0 bridgehead atoms. The van der Waals surface area contributed by atoms with Crippen LogP contribution >= 0.6 is 11.6 Å². The fourth-order valence-corrected chi connectivity index (χ4v) is 4.52. The van der Waals surface area contributed by atoms with E-state index in [2.05, 4.69) is 10.2 Å². The van der Waals surface area contributed by atoms with Gasteiger partial charge in [-0.1, -0.05) is 23.7 Å². The molecule has 1 saturated heterocycles. The van der Waals surface area contributed by atoms with Gasteiger partial charge >= 0.3 is 0 Å². The van der Waals surface area contributed by atoms with E-state index >= 15 is 0 Å². The summed E-state index contributed by atoms with van der Waals surface area (Å²) in [7, 11) is 2.02. The van der Waals surface area contributed by atoms with Crippen LogP contribution in [0.2, 0.25) is 5.02 Å². The van der Waals surface area contributed by atoms with E-state index in [1.54, 1.807) is 18.2 Å². The predicted octanol–water partition coefficient (Wildman–Crippen LogP) is 5.89. The van der Waals surface area contributed by atoms with E-state index in [-0.39, 0.29) is 23.0 Å². The fourth-order valence-electron chi connectivity index (χ4n) is 4.28. The molecule has 1 heterocycles. The summed E-state index contributed by atoms with van der Waals surface area (Å²) in [4.78, 5) is 2.18. The van der Waals surface area contributed by atoms with E-state index in [0.29, 0.717) is 30.6 Å². The minimum Gasteiger partial charge on any atom is -0.384 e. The number of piperidine rings is 1. The molecule has 2 N–H and O–H groups in total. The van der Waals surface area contributed by atoms with Crippen molar-refractivity contribution < 1.29 is 17.9 Å². The topological polar surface area (TPSA) is 48.4 Å². The predicted molar refractivity (Wildman–Crippen MR) is 123 cm³/mol. The molecule has 174 valence electrons. The Balaban J connectivity index is 1.95. The van der Waals surface area contributed by atoms with Crippen LogP contribution in [0.1, 0.15) is 42.6 Å². The second-order valence-electron chi connectivity index (χ2n) is 8.29. The average Bonchev–Trinajstić information content (AvgIpc) is 2.77. The maximum absolute atomic E-state index is 14.3. The number of anilines is 1. The Bertz CT molecular complexity index is 915. The third-order valence-corrected chi connectivity index (χ3v) is 6.37. The molecule has 0 aliphatic carbocycles. The lowest BCUT2D eigenvalue weighted by Crippen LogP contribution is -2.44. The number of ether oxygens (including phenoxy) is 1. The highest BCUT2D eigenvalue weighted by molar-refractivity contribution is 6.31. The number of rotatable bonds is 9. The fraction of sp³-hybridized carbons (Fsp3) is 0.458. The highest BCUT2D eigenvalue weighted by atomic mass is 35.5. The third kappa shape index (κ3) is 5.45. The highest BCUT2D eigenvalue weighted by Crippen LogP contribution is 2.40. The van der Waals surface area contributed by atoms with Crippen LogP contribution in [-0.2, 0) is 10.2 Å². The van der Waals surface area contributed by atoms with Crippen molar-refractivity contribution in [2.24, 2.45) is 0 Å². The van der Waals surface area contributed by atoms with Gasteiger partial charge in [-0.2, -0.15) is 0 Å². The van der Waals surface area contributed by atoms with Gasteiger partial charge in [0.1, 0.15) is 11.9 Å². The molecule has 0 saturated carbocycles. The summed E-state index contributed by atoms with van der Waals surface area (Å²) in [5.41, 5.74) is 1.48. The molecular formula is C24H29ClF3N3O. The lowest BCUT2D eigenvalue weighted by Gasteiger charge is -2.41. The van der Waals surface area contributed by atoms with E-state index in [9.17, 15) is 13.2 Å². The Kier molecular flexibility index (Phi) is 8.20. The second-order valence-corrected chi connectivity index (χ2v) is 8.73. The minimum atomic E-state index is -2.79. The third-order valence-electron chi connectivity index (χ3n) is 6.15. The first kappa shape index (κ1) is 24.6. The van der Waals surface area contributed by atoms with E-state index in [1.807, 2.05) is 14.0 Å². The quantitative estimate of drug-likeness (QED) is 0.452. The average molecular weight is 468 g/mol. The van der Waals surface area contributed by atoms with Gasteiger partial charge in [-0.15, -0.1) is 0 Å². The van der Waals surface area contributed by atoms with Crippen LogP contribution in [0.4, 0.5) is 18.9 Å². The molecule has 1 unspecified atom stereocenters. The van der Waals surface area contributed by atoms with Gasteiger partial charge in [0.2, 0.25) is 0 Å². The summed E-state index contributed by atoms with van der Waals surface area (Å²) in [6, 6.07) is 9.28. The molecule has 0 spiro atoms. The van der Waals surface area contributed by atoms with Crippen molar-refractivity contribution in [1.29, 1.82) is 5.41 Å². The van der Waals surface area contributed by atoms with Crippen molar-refractivity contribution in [1.82, 2.24) is 4.90 Å². The molecule has 1 atom stereocenters. The monoisotopic (exact) mass is 467 g/mol. The van der Waals surface area contributed by atoms with Gasteiger partial charge in [-0.25, -0.2) is 13.2 Å². The van der Waals surface area contributed by atoms with Gasteiger partial charge < -0.3 is 20.4 Å². The maximum Gasteiger partial charge on any atom is 0.268 e. The van der Waals surface area contributed by atoms with E-state index in [1.165, 1.54) is 18.2 Å². The lowest BCUT2D eigenvalue weighted by atomic mass is 9.73. The molecule has 0 radical (unpaired) electrons. The zero-order valence-electron chi connectivity index (χ0n) is 18.3. The van der Waals surface area contributed by atoms with Crippen molar-refractivity contribution in [3.8, 4) is 0 Å². The van der Waals surface area contributed by atoms with Crippen LogP contribution in [0.25, 0.3) is 0 Å². The molecule has 2 aromatic rings. The number of benzene rings is 2. The number of halogens is 4. The summed E-state index contributed by atoms with van der Waals surface area (Å²) >= 11 is 6.18. The minimum absolute atomic E-state index is 0.0689. The standard InChI is InChI=1S/C24H29ClF3N3O/c1-3-30-21-16(14-29)12-18(25)13-20(21)22(23(27)28)32-15-24(8-10-31(2)11-9-24)17-4-6-19(26)7-5-17/h4-7,12-14,22-23,29-30H,3,8-11,15H2,1-2H3. The van der Waals surface area contributed by atoms with Gasteiger partial charge in [0.15, 0.2) is 0 Å². The zero-order chi connectivity index (χ0) is 23.3. The van der Waals surface area contributed by atoms with Gasteiger partial charge in [0, 0.05) is 40.0 Å². The van der Waals surface area contributed by atoms with Crippen LogP contribution < -0.4 is 5.32 Å². The van der Waals surface area contributed by atoms with Crippen molar-refractivity contribution in [2.75, 3.05) is 38.6 Å². The Morgan fingerprint density at radius 1 is 1.22 bits per heavy atom. The number of nitrogens with zero attached hydrogens (tertiary/aromatic N) is 1. The van der Waals surface area contributed by atoms with Crippen LogP contribution in [0.15, 0.2) is 36.4 Å². The normalized spacial score (nSPS) is 17.3. The summed E-state index contributed by atoms with van der Waals surface area (Å²) in [5.74, 6) is -0.336. The van der Waals surface area contributed by atoms with E-state index < -0.39 is 17.9 Å². The molecule has 2 aromatic carbocycles. The lowest BCUT2D eigenvalue weighted by molar-refractivity contribution is -0.0798. The Hall–Kier alpha value is -2.09. The Morgan fingerprint density at radius 2 is 1.88 bits per heavy atom. The van der Waals surface area contributed by atoms with Crippen LogP contribution in [0.5, 0.6) is 0 Å². The molecule has 32 heavy (non-hydrogen) atoms. The number of hydrogen-bond acceptors (Lipinski definition) is 4. The van der Waals surface area contributed by atoms with Gasteiger partial charge in [0.25, 0.3) is 6.43 Å². The SMILES string of the molecule is CCNc1c(C=N)cc(Cl)cc1C(OCC1(c2ccc(F)cc2)CCN(C)CC1)C(F)F. The molecule has 0 amide bonds. The van der Waals surface area contributed by atoms with Crippen LogP contribution in [0.3, 0.4) is 0 Å². The second kappa shape index (κ2) is 10.7. The van der Waals surface area contributed by atoms with Crippen molar-refractivity contribution in [3.05, 3.63) is 63.9 Å². The number of nitrogens with one attached hydrogen (secondary N) is 2. The molecule has 1 fully saturated rings. The van der Waals surface area contributed by atoms with E-state index in [4.69, 9.17) is 21.7 Å². The van der Waals surface area contributed by atoms with E-state index in [0.717, 1.165) is 24.9 Å². The van der Waals surface area contributed by atoms with Gasteiger partial charge in [0.05, 0.1) is 6.61 Å². The summed E-state index contributed by atoms with van der Waals surface area (Å²) in [6.45, 7) is 4.00. The Morgan fingerprint density at radius 3 is 2.44 bits per heavy atom. The van der Waals surface area contributed by atoms with Crippen LogP contribution in [0, 0.1) is 11.2 Å². The summed E-state index contributed by atoms with van der Waals surface area (Å²) in [5, 5.41) is 11.0. The van der Waals surface area contributed by atoms with Crippen molar-refractivity contribution in [2.45, 2.75) is 37.7 Å². The molecule has 1 aliphatic rings. The first-order valence-corrected chi connectivity index (χ1v) is 11.1. The number of hydrogen-bond donors (Lipinski definition) is 2. The molecular weight excluding hydrogens is 439 g/mol. The smallest absolute Gasteiger partial charge is 0.268 e. The number of likely N-dealkylation sites (tertiary alicyclic amines) is 1. The number of alkyl halides is 2. The molecule has 0 aromatic heterocycles. The molecule has 4 nitrogen and oxygen atoms in total. The molecule has 1 aliphatic heterocycles. The van der Waals surface area contributed by atoms with Crippen molar-refractivity contribution in [3.63, 3.8) is 0 Å². The Labute approximate surface area is 192 Å². The zero-order valence-corrected chi connectivity index (χ0v) is 19.1. The van der Waals surface area contributed by atoms with Crippen molar-refractivity contribution >= 4 is 23.5 Å². The summed E-state index contributed by atoms with van der Waals surface area (Å²) in [6.07, 6.45) is -1.79. The molecule has 3 rings (SSSR count). The molecule has 8 heteroatoms.